The Morgan fingerprint density at radius 3 is 2.78 bits per heavy atom. The van der Waals surface area contributed by atoms with Crippen molar-refractivity contribution in [3.05, 3.63) is 57.8 Å². The predicted octanol–water partition coefficient (Wildman–Crippen LogP) is 3.16. The van der Waals surface area contributed by atoms with Crippen LogP contribution in [0.3, 0.4) is 0 Å². The Morgan fingerprint density at radius 1 is 1.28 bits per heavy atom. The van der Waals surface area contributed by atoms with E-state index in [1.807, 2.05) is 40.1 Å². The summed E-state index contributed by atoms with van der Waals surface area (Å²) in [4.78, 5) is 16.1. The summed E-state index contributed by atoms with van der Waals surface area (Å²) in [7, 11) is 0. The molecule has 2 heterocycles. The van der Waals surface area contributed by atoms with Crippen LogP contribution >= 0.6 is 22.9 Å². The zero-order valence-electron chi connectivity index (χ0n) is 9.34. The van der Waals surface area contributed by atoms with Gasteiger partial charge in [0, 0.05) is 17.1 Å². The van der Waals surface area contributed by atoms with Gasteiger partial charge in [0.2, 0.25) is 0 Å². The zero-order valence-corrected chi connectivity index (χ0v) is 10.9. The highest BCUT2D eigenvalue weighted by Gasteiger charge is 2.10. The van der Waals surface area contributed by atoms with E-state index in [1.54, 1.807) is 0 Å². The van der Waals surface area contributed by atoms with E-state index in [-0.39, 0.29) is 11.4 Å². The summed E-state index contributed by atoms with van der Waals surface area (Å²) < 4.78 is 1.94. The van der Waals surface area contributed by atoms with E-state index < -0.39 is 0 Å². The molecule has 0 saturated carbocycles. The number of aromatic nitrogens is 2. The highest BCUT2D eigenvalue weighted by Crippen LogP contribution is 2.26. The van der Waals surface area contributed by atoms with Crippen molar-refractivity contribution in [3.63, 3.8) is 0 Å². The molecule has 0 spiro atoms. The smallest absolute Gasteiger partial charge is 0.274 e. The summed E-state index contributed by atoms with van der Waals surface area (Å²) in [6, 6.07) is 11.5. The topological polar surface area (TPSA) is 34.4 Å². The molecule has 3 nitrogen and oxygen atoms in total. The van der Waals surface area contributed by atoms with E-state index in [2.05, 4.69) is 4.98 Å². The van der Waals surface area contributed by atoms with Crippen LogP contribution in [0, 0.1) is 0 Å². The molecule has 0 unspecified atom stereocenters. The lowest BCUT2D eigenvalue weighted by molar-refractivity contribution is 1.03. The standard InChI is InChI=1S/C13H9ClN2OS/c14-7-10-6-12(17)15-13-16(10)11(8-18-13)9-4-2-1-3-5-9/h1-6,8H,7H2. The molecule has 0 aliphatic carbocycles. The maximum absolute atomic E-state index is 11.4. The van der Waals surface area contributed by atoms with Crippen molar-refractivity contribution >= 4 is 27.9 Å². The molecule has 0 saturated heterocycles. The van der Waals surface area contributed by atoms with Crippen molar-refractivity contribution in [2.24, 2.45) is 0 Å². The van der Waals surface area contributed by atoms with Crippen LogP contribution in [0.5, 0.6) is 0 Å². The van der Waals surface area contributed by atoms with E-state index >= 15 is 0 Å². The molecule has 0 amide bonds. The molecule has 3 aromatic rings. The summed E-state index contributed by atoms with van der Waals surface area (Å²) >= 11 is 7.36. The van der Waals surface area contributed by atoms with Gasteiger partial charge in [0.15, 0.2) is 4.96 Å². The number of rotatable bonds is 2. The average Bonchev–Trinajstić information content (AvgIpc) is 2.82. The molecule has 3 rings (SSSR count). The van der Waals surface area contributed by atoms with Crippen LogP contribution < -0.4 is 5.56 Å². The Bertz CT molecular complexity index is 749. The molecule has 0 radical (unpaired) electrons. The first-order valence-electron chi connectivity index (χ1n) is 5.41. The van der Waals surface area contributed by atoms with Gasteiger partial charge in [-0.2, -0.15) is 4.98 Å². The van der Waals surface area contributed by atoms with Crippen LogP contribution in [-0.4, -0.2) is 9.38 Å². The number of nitrogens with zero attached hydrogens (tertiary/aromatic N) is 2. The third kappa shape index (κ3) is 1.83. The number of hydrogen-bond donors (Lipinski definition) is 0. The number of alkyl halides is 1. The second kappa shape index (κ2) is 4.55. The van der Waals surface area contributed by atoms with Crippen molar-refractivity contribution in [2.45, 2.75) is 5.88 Å². The molecule has 18 heavy (non-hydrogen) atoms. The Balaban J connectivity index is 2.35. The molecule has 90 valence electrons. The molecule has 5 heteroatoms. The molecule has 0 aliphatic heterocycles. The van der Waals surface area contributed by atoms with Crippen LogP contribution in [0.4, 0.5) is 0 Å². The molecular weight excluding hydrogens is 268 g/mol. The fraction of sp³-hybridized carbons (Fsp3) is 0.0769. The van der Waals surface area contributed by atoms with Crippen molar-refractivity contribution in [3.8, 4) is 11.3 Å². The van der Waals surface area contributed by atoms with E-state index in [9.17, 15) is 4.79 Å². The van der Waals surface area contributed by atoms with Crippen molar-refractivity contribution in [2.75, 3.05) is 0 Å². The normalized spacial score (nSPS) is 10.9. The van der Waals surface area contributed by atoms with Gasteiger partial charge >= 0.3 is 0 Å². The van der Waals surface area contributed by atoms with Crippen LogP contribution in [-0.2, 0) is 5.88 Å². The maximum atomic E-state index is 11.4. The maximum Gasteiger partial charge on any atom is 0.274 e. The lowest BCUT2D eigenvalue weighted by atomic mass is 10.2. The van der Waals surface area contributed by atoms with Crippen molar-refractivity contribution in [1.29, 1.82) is 0 Å². The monoisotopic (exact) mass is 276 g/mol. The molecule has 0 N–H and O–H groups in total. The van der Waals surface area contributed by atoms with Gasteiger partial charge in [0.05, 0.1) is 11.6 Å². The lowest BCUT2D eigenvalue weighted by Crippen LogP contribution is -2.10. The van der Waals surface area contributed by atoms with Gasteiger partial charge < -0.3 is 0 Å². The van der Waals surface area contributed by atoms with Gasteiger partial charge in [-0.3, -0.25) is 9.20 Å². The molecule has 1 aromatic carbocycles. The highest BCUT2D eigenvalue weighted by molar-refractivity contribution is 7.15. The van der Waals surface area contributed by atoms with Crippen LogP contribution in [0.25, 0.3) is 16.2 Å². The van der Waals surface area contributed by atoms with Crippen LogP contribution in [0.1, 0.15) is 5.69 Å². The number of hydrogen-bond acceptors (Lipinski definition) is 3. The third-order valence-electron chi connectivity index (χ3n) is 2.70. The molecular formula is C13H9ClN2OS. The van der Waals surface area contributed by atoms with Gasteiger partial charge in [-0.15, -0.1) is 22.9 Å². The first-order valence-corrected chi connectivity index (χ1v) is 6.82. The number of benzene rings is 1. The van der Waals surface area contributed by atoms with Crippen LogP contribution in [0.2, 0.25) is 0 Å². The van der Waals surface area contributed by atoms with Gasteiger partial charge in [-0.1, -0.05) is 30.3 Å². The van der Waals surface area contributed by atoms with Crippen LogP contribution in [0.15, 0.2) is 46.6 Å². The molecule has 0 aliphatic rings. The molecule has 2 aromatic heterocycles. The van der Waals surface area contributed by atoms with Crippen molar-refractivity contribution < 1.29 is 0 Å². The second-order valence-electron chi connectivity index (χ2n) is 3.82. The summed E-state index contributed by atoms with van der Waals surface area (Å²) in [6.07, 6.45) is 0. The van der Waals surface area contributed by atoms with Gasteiger partial charge in [0.25, 0.3) is 5.56 Å². The fourth-order valence-corrected chi connectivity index (χ4v) is 3.03. The minimum atomic E-state index is -0.243. The minimum absolute atomic E-state index is 0.243. The first kappa shape index (κ1) is 11.4. The average molecular weight is 277 g/mol. The van der Waals surface area contributed by atoms with Gasteiger partial charge in [-0.25, -0.2) is 0 Å². The van der Waals surface area contributed by atoms with E-state index in [0.29, 0.717) is 4.96 Å². The molecule has 0 fully saturated rings. The lowest BCUT2D eigenvalue weighted by Gasteiger charge is -2.05. The minimum Gasteiger partial charge on any atom is -0.287 e. The first-order chi connectivity index (χ1) is 8.79. The highest BCUT2D eigenvalue weighted by atomic mass is 35.5. The Morgan fingerprint density at radius 2 is 2.06 bits per heavy atom. The molecule has 0 bridgehead atoms. The largest absolute Gasteiger partial charge is 0.287 e. The summed E-state index contributed by atoms with van der Waals surface area (Å²) in [6.45, 7) is 0. The Labute approximate surface area is 112 Å². The van der Waals surface area contributed by atoms with E-state index in [4.69, 9.17) is 11.6 Å². The van der Waals surface area contributed by atoms with Gasteiger partial charge in [-0.05, 0) is 5.56 Å². The fourth-order valence-electron chi connectivity index (χ4n) is 1.91. The van der Waals surface area contributed by atoms with E-state index in [0.717, 1.165) is 17.0 Å². The third-order valence-corrected chi connectivity index (χ3v) is 3.80. The summed E-state index contributed by atoms with van der Waals surface area (Å²) in [5.74, 6) is 0.287. The second-order valence-corrected chi connectivity index (χ2v) is 4.93. The zero-order chi connectivity index (χ0) is 12.5. The number of fused-ring (bicyclic) bond motifs is 1. The Hall–Kier alpha value is -1.65. The number of halogens is 1. The van der Waals surface area contributed by atoms with Crippen molar-refractivity contribution in [1.82, 2.24) is 9.38 Å². The van der Waals surface area contributed by atoms with Gasteiger partial charge in [0.1, 0.15) is 0 Å². The summed E-state index contributed by atoms with van der Waals surface area (Å²) in [5, 5.41) is 1.99. The quantitative estimate of drug-likeness (QED) is 0.674. The van der Waals surface area contributed by atoms with E-state index in [1.165, 1.54) is 17.4 Å². The summed E-state index contributed by atoms with van der Waals surface area (Å²) in [5.41, 5.74) is 2.62. The Kier molecular flexibility index (Phi) is 2.89. The SMILES string of the molecule is O=c1cc(CCl)n2c(-c3ccccc3)csc2n1. The number of thiazole rings is 1. The predicted molar refractivity (Wildman–Crippen MR) is 74.3 cm³/mol. The molecule has 0 atom stereocenters.